The third-order valence-electron chi connectivity index (χ3n) is 4.78. The molecule has 2 heteroatoms. The Bertz CT molecular complexity index is 225. The highest BCUT2D eigenvalue weighted by Crippen LogP contribution is 2.26. The fourth-order valence-corrected chi connectivity index (χ4v) is 3.65. The number of nitrogens with zero attached hydrogens (tertiary/aromatic N) is 2. The van der Waals surface area contributed by atoms with Gasteiger partial charge in [0.2, 0.25) is 0 Å². The van der Waals surface area contributed by atoms with Gasteiger partial charge in [-0.1, -0.05) is 26.2 Å². The van der Waals surface area contributed by atoms with Crippen molar-refractivity contribution in [2.75, 3.05) is 19.6 Å². The average Bonchev–Trinajstić information content (AvgIpc) is 2.35. The smallest absolute Gasteiger partial charge is 0.0224 e. The van der Waals surface area contributed by atoms with Crippen molar-refractivity contribution in [3.05, 3.63) is 0 Å². The molecule has 2 aliphatic heterocycles. The normalized spacial score (nSPS) is 33.4. The Kier molecular flexibility index (Phi) is 4.87. The third kappa shape index (κ3) is 3.23. The lowest BCUT2D eigenvalue weighted by molar-refractivity contribution is -0.00600. The molecule has 2 nitrogen and oxygen atoms in total. The highest BCUT2D eigenvalue weighted by Gasteiger charge is 2.34. The monoisotopic (exact) mass is 238 g/mol. The Hall–Kier alpha value is -0.0800. The molecule has 0 aromatic carbocycles. The standard InChI is InChI=1S/C15H30N2/c1-4-5-8-13(2)17-12-15-9-6-7-10-16(15)11-14(17)3/h13-15H,4-12H2,1-3H3. The largest absolute Gasteiger partial charge is 0.298 e. The molecular formula is C15H30N2. The second-order valence-corrected chi connectivity index (χ2v) is 6.18. The summed E-state index contributed by atoms with van der Waals surface area (Å²) in [4.78, 5) is 5.53. The molecule has 2 saturated heterocycles. The van der Waals surface area contributed by atoms with Crippen LogP contribution in [0.5, 0.6) is 0 Å². The van der Waals surface area contributed by atoms with Crippen molar-refractivity contribution in [2.24, 2.45) is 0 Å². The van der Waals surface area contributed by atoms with Crippen LogP contribution in [-0.4, -0.2) is 47.6 Å². The number of piperazine rings is 1. The zero-order valence-corrected chi connectivity index (χ0v) is 12.0. The fraction of sp³-hybridized carbons (Fsp3) is 1.00. The lowest BCUT2D eigenvalue weighted by Gasteiger charge is -2.49. The number of rotatable bonds is 4. The lowest BCUT2D eigenvalue weighted by atomic mass is 9.95. The lowest BCUT2D eigenvalue weighted by Crippen LogP contribution is -2.60. The summed E-state index contributed by atoms with van der Waals surface area (Å²) in [7, 11) is 0. The Balaban J connectivity index is 1.89. The molecule has 17 heavy (non-hydrogen) atoms. The highest BCUT2D eigenvalue weighted by atomic mass is 15.3. The molecule has 0 radical (unpaired) electrons. The van der Waals surface area contributed by atoms with Crippen molar-refractivity contribution >= 4 is 0 Å². The predicted octanol–water partition coefficient (Wildman–Crippen LogP) is 3.12. The quantitative estimate of drug-likeness (QED) is 0.742. The van der Waals surface area contributed by atoms with Crippen LogP contribution < -0.4 is 0 Å². The van der Waals surface area contributed by atoms with Crippen molar-refractivity contribution < 1.29 is 0 Å². The van der Waals surface area contributed by atoms with Crippen LogP contribution in [0.3, 0.4) is 0 Å². The summed E-state index contributed by atoms with van der Waals surface area (Å²) in [6.45, 7) is 11.1. The van der Waals surface area contributed by atoms with E-state index in [4.69, 9.17) is 0 Å². The Morgan fingerprint density at radius 2 is 2.06 bits per heavy atom. The van der Waals surface area contributed by atoms with E-state index in [2.05, 4.69) is 30.6 Å². The number of fused-ring (bicyclic) bond motifs is 1. The van der Waals surface area contributed by atoms with Crippen molar-refractivity contribution in [3.8, 4) is 0 Å². The van der Waals surface area contributed by atoms with E-state index in [1.165, 1.54) is 58.2 Å². The topological polar surface area (TPSA) is 6.48 Å². The van der Waals surface area contributed by atoms with E-state index in [-0.39, 0.29) is 0 Å². The highest BCUT2D eigenvalue weighted by molar-refractivity contribution is 4.90. The van der Waals surface area contributed by atoms with E-state index in [0.29, 0.717) is 0 Å². The van der Waals surface area contributed by atoms with E-state index in [1.54, 1.807) is 0 Å². The zero-order chi connectivity index (χ0) is 12.3. The van der Waals surface area contributed by atoms with Crippen LogP contribution in [-0.2, 0) is 0 Å². The number of unbranched alkanes of at least 4 members (excludes halogenated alkanes) is 1. The van der Waals surface area contributed by atoms with Gasteiger partial charge in [-0.3, -0.25) is 9.80 Å². The summed E-state index contributed by atoms with van der Waals surface area (Å²) < 4.78 is 0. The Morgan fingerprint density at radius 3 is 2.82 bits per heavy atom. The molecule has 0 bridgehead atoms. The number of piperidine rings is 1. The minimum absolute atomic E-state index is 0.760. The summed E-state index contributed by atoms with van der Waals surface area (Å²) in [5, 5.41) is 0. The molecule has 3 unspecified atom stereocenters. The van der Waals surface area contributed by atoms with Gasteiger partial charge in [-0.05, 0) is 39.7 Å². The zero-order valence-electron chi connectivity index (χ0n) is 12.0. The maximum atomic E-state index is 2.78. The van der Waals surface area contributed by atoms with Gasteiger partial charge in [0.25, 0.3) is 0 Å². The molecule has 3 atom stereocenters. The molecular weight excluding hydrogens is 208 g/mol. The van der Waals surface area contributed by atoms with E-state index in [0.717, 1.165) is 18.1 Å². The minimum atomic E-state index is 0.760. The van der Waals surface area contributed by atoms with Crippen molar-refractivity contribution in [1.29, 1.82) is 0 Å². The van der Waals surface area contributed by atoms with Gasteiger partial charge in [0.15, 0.2) is 0 Å². The predicted molar refractivity (Wildman–Crippen MR) is 74.4 cm³/mol. The van der Waals surface area contributed by atoms with E-state index < -0.39 is 0 Å². The molecule has 2 rings (SSSR count). The first kappa shape index (κ1) is 13.4. The van der Waals surface area contributed by atoms with E-state index in [9.17, 15) is 0 Å². The summed E-state index contributed by atoms with van der Waals surface area (Å²) in [6, 6.07) is 2.41. The Labute approximate surface area is 107 Å². The molecule has 2 aliphatic rings. The molecule has 0 amide bonds. The SMILES string of the molecule is CCCCC(C)N1CC2CCCCN2CC1C. The molecule has 0 aromatic heterocycles. The van der Waals surface area contributed by atoms with Crippen molar-refractivity contribution in [2.45, 2.75) is 77.4 Å². The van der Waals surface area contributed by atoms with Gasteiger partial charge in [0.05, 0.1) is 0 Å². The van der Waals surface area contributed by atoms with Crippen LogP contribution in [0.4, 0.5) is 0 Å². The molecule has 0 saturated carbocycles. The maximum Gasteiger partial charge on any atom is 0.0224 e. The average molecular weight is 238 g/mol. The van der Waals surface area contributed by atoms with Crippen LogP contribution in [0.1, 0.15) is 59.3 Å². The van der Waals surface area contributed by atoms with E-state index in [1.807, 2.05) is 0 Å². The van der Waals surface area contributed by atoms with Gasteiger partial charge >= 0.3 is 0 Å². The number of hydrogen-bond donors (Lipinski definition) is 0. The molecule has 2 fully saturated rings. The second-order valence-electron chi connectivity index (χ2n) is 6.18. The van der Waals surface area contributed by atoms with Gasteiger partial charge in [0, 0.05) is 31.2 Å². The Morgan fingerprint density at radius 1 is 1.24 bits per heavy atom. The van der Waals surface area contributed by atoms with Gasteiger partial charge in [-0.15, -0.1) is 0 Å². The summed E-state index contributed by atoms with van der Waals surface area (Å²) in [6.07, 6.45) is 8.42. The number of hydrogen-bond acceptors (Lipinski definition) is 2. The summed E-state index contributed by atoms with van der Waals surface area (Å²) in [5.74, 6) is 0. The molecule has 0 spiro atoms. The second kappa shape index (κ2) is 6.19. The molecule has 0 aromatic rings. The first-order valence-electron chi connectivity index (χ1n) is 7.72. The molecule has 0 N–H and O–H groups in total. The first-order valence-corrected chi connectivity index (χ1v) is 7.72. The van der Waals surface area contributed by atoms with Crippen LogP contribution in [0, 0.1) is 0 Å². The van der Waals surface area contributed by atoms with Crippen LogP contribution in [0.2, 0.25) is 0 Å². The van der Waals surface area contributed by atoms with Gasteiger partial charge in [-0.2, -0.15) is 0 Å². The van der Waals surface area contributed by atoms with Crippen LogP contribution in [0.25, 0.3) is 0 Å². The van der Waals surface area contributed by atoms with Crippen molar-refractivity contribution in [3.63, 3.8) is 0 Å². The van der Waals surface area contributed by atoms with Crippen LogP contribution in [0.15, 0.2) is 0 Å². The minimum Gasteiger partial charge on any atom is -0.298 e. The van der Waals surface area contributed by atoms with Gasteiger partial charge < -0.3 is 0 Å². The molecule has 2 heterocycles. The van der Waals surface area contributed by atoms with E-state index >= 15 is 0 Å². The first-order chi connectivity index (χ1) is 8.22. The summed E-state index contributed by atoms with van der Waals surface area (Å²) >= 11 is 0. The maximum absolute atomic E-state index is 2.78. The van der Waals surface area contributed by atoms with Crippen LogP contribution >= 0.6 is 0 Å². The third-order valence-corrected chi connectivity index (χ3v) is 4.78. The summed E-state index contributed by atoms with van der Waals surface area (Å²) in [5.41, 5.74) is 0. The molecule has 100 valence electrons. The van der Waals surface area contributed by atoms with Crippen molar-refractivity contribution in [1.82, 2.24) is 9.80 Å². The van der Waals surface area contributed by atoms with Gasteiger partial charge in [-0.25, -0.2) is 0 Å². The fourth-order valence-electron chi connectivity index (χ4n) is 3.65. The molecule has 0 aliphatic carbocycles. The van der Waals surface area contributed by atoms with Gasteiger partial charge in [0.1, 0.15) is 0 Å².